The first kappa shape index (κ1) is 20.6. The van der Waals surface area contributed by atoms with Crippen LogP contribution in [0.1, 0.15) is 5.56 Å². The maximum absolute atomic E-state index is 12.6. The molecule has 0 atom stereocenters. The Morgan fingerprint density at radius 2 is 1.67 bits per heavy atom. The lowest BCUT2D eigenvalue weighted by Gasteiger charge is -2.14. The molecule has 0 saturated carbocycles. The maximum atomic E-state index is 12.6. The molecule has 2 aromatic rings. The second-order valence-electron chi connectivity index (χ2n) is 5.16. The van der Waals surface area contributed by atoms with Gasteiger partial charge >= 0.3 is 0 Å². The van der Waals surface area contributed by atoms with E-state index in [2.05, 4.69) is 20.7 Å². The zero-order valence-electron chi connectivity index (χ0n) is 14.8. The van der Waals surface area contributed by atoms with Crippen LogP contribution >= 0.6 is 15.9 Å². The standard InChI is InChI=1S/C18H17BrN2O5S/c1-24-16-9-4-12(17(25-2)18(16)26-3)10-15(11-20)27(22,23)21-14-7-5-13(19)6-8-14/h4-10,21H,1-3H3. The average molecular weight is 453 g/mol. The lowest BCUT2D eigenvalue weighted by atomic mass is 10.1. The number of nitrogens with zero attached hydrogens (tertiary/aromatic N) is 1. The van der Waals surface area contributed by atoms with Gasteiger partial charge in [0.05, 0.1) is 21.3 Å². The van der Waals surface area contributed by atoms with Gasteiger partial charge < -0.3 is 14.2 Å². The van der Waals surface area contributed by atoms with Crippen molar-refractivity contribution in [1.82, 2.24) is 0 Å². The summed E-state index contributed by atoms with van der Waals surface area (Å²) in [6.07, 6.45) is 1.21. The van der Waals surface area contributed by atoms with Gasteiger partial charge in [0.1, 0.15) is 6.07 Å². The number of ether oxygens (including phenoxy) is 3. The molecule has 0 spiro atoms. The Morgan fingerprint density at radius 1 is 1.04 bits per heavy atom. The van der Waals surface area contributed by atoms with Crippen LogP contribution in [0, 0.1) is 11.3 Å². The third-order valence-corrected chi connectivity index (χ3v) is 5.34. The maximum Gasteiger partial charge on any atom is 0.272 e. The number of halogens is 1. The topological polar surface area (TPSA) is 97.7 Å². The van der Waals surface area contributed by atoms with Crippen LogP contribution in [0.15, 0.2) is 45.8 Å². The fraction of sp³-hybridized carbons (Fsp3) is 0.167. The molecular formula is C18H17BrN2O5S. The SMILES string of the molecule is COc1ccc(C=C(C#N)S(=O)(=O)Nc2ccc(Br)cc2)c(OC)c1OC. The summed E-state index contributed by atoms with van der Waals surface area (Å²) in [5, 5.41) is 9.39. The number of nitriles is 1. The molecule has 0 fully saturated rings. The highest BCUT2D eigenvalue weighted by Crippen LogP contribution is 2.40. The van der Waals surface area contributed by atoms with Crippen molar-refractivity contribution in [3.8, 4) is 23.3 Å². The molecule has 0 radical (unpaired) electrons. The number of anilines is 1. The normalized spacial score (nSPS) is 11.4. The minimum absolute atomic E-state index is 0.253. The summed E-state index contributed by atoms with van der Waals surface area (Å²) in [4.78, 5) is -0.476. The molecule has 142 valence electrons. The van der Waals surface area contributed by atoms with Crippen LogP contribution in [-0.2, 0) is 10.0 Å². The molecule has 7 nitrogen and oxygen atoms in total. The number of nitrogens with one attached hydrogen (secondary N) is 1. The van der Waals surface area contributed by atoms with E-state index in [-0.39, 0.29) is 5.75 Å². The highest BCUT2D eigenvalue weighted by Gasteiger charge is 2.21. The first-order valence-corrected chi connectivity index (χ1v) is 9.83. The van der Waals surface area contributed by atoms with Crippen LogP contribution in [0.25, 0.3) is 6.08 Å². The fourth-order valence-electron chi connectivity index (χ4n) is 2.28. The van der Waals surface area contributed by atoms with Crippen molar-refractivity contribution < 1.29 is 22.6 Å². The molecule has 0 aliphatic carbocycles. The average Bonchev–Trinajstić information content (AvgIpc) is 2.66. The van der Waals surface area contributed by atoms with E-state index in [0.717, 1.165) is 4.47 Å². The van der Waals surface area contributed by atoms with Crippen LogP contribution < -0.4 is 18.9 Å². The van der Waals surface area contributed by atoms with Gasteiger partial charge in [-0.05, 0) is 42.5 Å². The third kappa shape index (κ3) is 4.72. The van der Waals surface area contributed by atoms with Gasteiger partial charge in [0.15, 0.2) is 16.4 Å². The monoisotopic (exact) mass is 452 g/mol. The highest BCUT2D eigenvalue weighted by molar-refractivity contribution is 9.10. The van der Waals surface area contributed by atoms with Crippen LogP contribution in [-0.4, -0.2) is 29.7 Å². The van der Waals surface area contributed by atoms with Gasteiger partial charge in [-0.2, -0.15) is 5.26 Å². The number of methoxy groups -OCH3 is 3. The van der Waals surface area contributed by atoms with Crippen molar-refractivity contribution in [3.63, 3.8) is 0 Å². The molecular weight excluding hydrogens is 436 g/mol. The van der Waals surface area contributed by atoms with Crippen molar-refractivity contribution in [2.45, 2.75) is 0 Å². The Balaban J connectivity index is 2.49. The predicted molar refractivity (Wildman–Crippen MR) is 106 cm³/mol. The number of rotatable bonds is 7. The fourth-order valence-corrected chi connectivity index (χ4v) is 3.50. The number of allylic oxidation sites excluding steroid dienone is 1. The minimum Gasteiger partial charge on any atom is -0.493 e. The number of hydrogen-bond donors (Lipinski definition) is 1. The molecule has 0 bridgehead atoms. The first-order chi connectivity index (χ1) is 12.9. The minimum atomic E-state index is -4.09. The van der Waals surface area contributed by atoms with Gasteiger partial charge in [-0.25, -0.2) is 8.42 Å². The summed E-state index contributed by atoms with van der Waals surface area (Å²) < 4.78 is 44.1. The zero-order chi connectivity index (χ0) is 20.0. The zero-order valence-corrected chi connectivity index (χ0v) is 17.2. The Kier molecular flexibility index (Phi) is 6.71. The molecule has 27 heavy (non-hydrogen) atoms. The molecule has 9 heteroatoms. The molecule has 2 aromatic carbocycles. The van der Waals surface area contributed by atoms with E-state index in [1.807, 2.05) is 0 Å². The summed E-state index contributed by atoms with van der Waals surface area (Å²) in [7, 11) is 0.230. The van der Waals surface area contributed by atoms with E-state index in [4.69, 9.17) is 14.2 Å². The lowest BCUT2D eigenvalue weighted by Crippen LogP contribution is -2.14. The smallest absolute Gasteiger partial charge is 0.272 e. The summed E-state index contributed by atoms with van der Waals surface area (Å²) in [5.74, 6) is 0.966. The number of hydrogen-bond acceptors (Lipinski definition) is 6. The van der Waals surface area contributed by atoms with Gasteiger partial charge in [0.25, 0.3) is 10.0 Å². The van der Waals surface area contributed by atoms with E-state index >= 15 is 0 Å². The number of sulfonamides is 1. The van der Waals surface area contributed by atoms with Crippen LogP contribution in [0.4, 0.5) is 5.69 Å². The summed E-state index contributed by atoms with van der Waals surface area (Å²) in [5.41, 5.74) is 0.687. The molecule has 0 aliphatic heterocycles. The summed E-state index contributed by atoms with van der Waals surface area (Å²) >= 11 is 3.28. The molecule has 1 N–H and O–H groups in total. The molecule has 0 saturated heterocycles. The second-order valence-corrected chi connectivity index (χ2v) is 7.72. The molecule has 0 aromatic heterocycles. The van der Waals surface area contributed by atoms with E-state index in [1.54, 1.807) is 42.5 Å². The molecule has 0 amide bonds. The van der Waals surface area contributed by atoms with Crippen LogP contribution in [0.2, 0.25) is 0 Å². The van der Waals surface area contributed by atoms with Crippen molar-refractivity contribution in [2.24, 2.45) is 0 Å². The molecule has 0 unspecified atom stereocenters. The van der Waals surface area contributed by atoms with Crippen LogP contribution in [0.5, 0.6) is 17.2 Å². The summed E-state index contributed by atoms with van der Waals surface area (Å²) in [6.45, 7) is 0. The third-order valence-electron chi connectivity index (χ3n) is 3.52. The van der Waals surface area contributed by atoms with Crippen molar-refractivity contribution in [2.75, 3.05) is 26.1 Å². The van der Waals surface area contributed by atoms with E-state index in [9.17, 15) is 13.7 Å². The van der Waals surface area contributed by atoms with Crippen molar-refractivity contribution >= 4 is 37.7 Å². The first-order valence-electron chi connectivity index (χ1n) is 7.55. The molecule has 0 aliphatic rings. The predicted octanol–water partition coefficient (Wildman–Crippen LogP) is 3.78. The quantitative estimate of drug-likeness (QED) is 0.641. The molecule has 0 heterocycles. The van der Waals surface area contributed by atoms with Crippen LogP contribution in [0.3, 0.4) is 0 Å². The Bertz CT molecular complexity index is 996. The van der Waals surface area contributed by atoms with E-state index in [1.165, 1.54) is 27.4 Å². The van der Waals surface area contributed by atoms with Gasteiger partial charge in [-0.1, -0.05) is 15.9 Å². The van der Waals surface area contributed by atoms with Crippen molar-refractivity contribution in [3.05, 3.63) is 51.3 Å². The Labute approximate surface area is 166 Å². The van der Waals surface area contributed by atoms with Crippen molar-refractivity contribution in [1.29, 1.82) is 5.26 Å². The van der Waals surface area contributed by atoms with E-state index in [0.29, 0.717) is 22.7 Å². The van der Waals surface area contributed by atoms with Gasteiger partial charge in [-0.15, -0.1) is 0 Å². The largest absolute Gasteiger partial charge is 0.493 e. The highest BCUT2D eigenvalue weighted by atomic mass is 79.9. The Morgan fingerprint density at radius 3 is 2.19 bits per heavy atom. The summed E-state index contributed by atoms with van der Waals surface area (Å²) in [6, 6.07) is 11.4. The second kappa shape index (κ2) is 8.79. The molecule has 2 rings (SSSR count). The lowest BCUT2D eigenvalue weighted by molar-refractivity contribution is 0.324. The van der Waals surface area contributed by atoms with E-state index < -0.39 is 14.9 Å². The number of benzene rings is 2. The van der Waals surface area contributed by atoms with Gasteiger partial charge in [0, 0.05) is 15.7 Å². The van der Waals surface area contributed by atoms with Gasteiger partial charge in [0.2, 0.25) is 5.75 Å². The van der Waals surface area contributed by atoms with Gasteiger partial charge in [-0.3, -0.25) is 4.72 Å². The Hall–Kier alpha value is -2.70.